The van der Waals surface area contributed by atoms with Gasteiger partial charge in [0.25, 0.3) is 5.56 Å². The minimum atomic E-state index is -0.921. The number of aromatic nitrogens is 4. The molecule has 0 saturated heterocycles. The number of nitro groups is 1. The summed E-state index contributed by atoms with van der Waals surface area (Å²) in [4.78, 5) is 27.0. The Kier molecular flexibility index (Phi) is 3.69. The minimum absolute atomic E-state index is 0.0330. The second kappa shape index (κ2) is 5.66. The van der Waals surface area contributed by atoms with E-state index in [1.807, 2.05) is 0 Å². The first-order valence-electron chi connectivity index (χ1n) is 6.32. The largest absolute Gasteiger partial charge is 0.389 e. The monoisotopic (exact) mass is 321 g/mol. The fourth-order valence-corrected chi connectivity index (χ4v) is 2.79. The Hall–Kier alpha value is -2.59. The van der Waals surface area contributed by atoms with Gasteiger partial charge in [-0.2, -0.15) is 5.10 Å². The molecule has 0 aromatic carbocycles. The third-order valence-electron chi connectivity index (χ3n) is 3.09. The van der Waals surface area contributed by atoms with Crippen LogP contribution in [0.4, 0.5) is 5.69 Å². The summed E-state index contributed by atoms with van der Waals surface area (Å²) in [7, 11) is 0. The summed E-state index contributed by atoms with van der Waals surface area (Å²) in [5, 5.41) is 26.7. The molecule has 0 aliphatic carbocycles. The van der Waals surface area contributed by atoms with E-state index in [1.54, 1.807) is 11.4 Å². The third-order valence-corrected chi connectivity index (χ3v) is 3.91. The SMILES string of the molecule is O=c1c2ccsc2ncn1C[C@@H](O)Cn1cc([N+](=O)[O-])cn1. The Morgan fingerprint density at radius 2 is 2.27 bits per heavy atom. The standard InChI is InChI=1S/C12H11N5O4S/c18-9(6-16-4-8(3-14-16)17(20)21)5-15-7-13-11-10(12(15)19)1-2-22-11/h1-4,7,9,18H,5-6H2/t9-/m1/s1. The summed E-state index contributed by atoms with van der Waals surface area (Å²) in [6.07, 6.45) is 2.80. The Morgan fingerprint density at radius 1 is 1.45 bits per heavy atom. The molecule has 3 rings (SSSR count). The Balaban J connectivity index is 1.74. The molecule has 1 atom stereocenters. The van der Waals surface area contributed by atoms with Crippen molar-refractivity contribution in [1.82, 2.24) is 19.3 Å². The maximum absolute atomic E-state index is 12.2. The number of rotatable bonds is 5. The molecule has 0 saturated carbocycles. The van der Waals surface area contributed by atoms with Gasteiger partial charge < -0.3 is 5.11 Å². The van der Waals surface area contributed by atoms with Gasteiger partial charge in [0.1, 0.15) is 17.2 Å². The molecular weight excluding hydrogens is 310 g/mol. The highest BCUT2D eigenvalue weighted by Crippen LogP contribution is 2.13. The van der Waals surface area contributed by atoms with E-state index in [1.165, 1.54) is 33.1 Å². The van der Waals surface area contributed by atoms with Gasteiger partial charge in [0.15, 0.2) is 0 Å². The van der Waals surface area contributed by atoms with Crippen molar-refractivity contribution in [3.05, 3.63) is 50.6 Å². The molecule has 1 N–H and O–H groups in total. The molecule has 0 aliphatic rings. The van der Waals surface area contributed by atoms with Crippen molar-refractivity contribution in [3.8, 4) is 0 Å². The maximum atomic E-state index is 12.2. The number of aliphatic hydroxyl groups is 1. The van der Waals surface area contributed by atoms with E-state index in [4.69, 9.17) is 0 Å². The van der Waals surface area contributed by atoms with Gasteiger partial charge in [0.05, 0.1) is 35.8 Å². The van der Waals surface area contributed by atoms with Gasteiger partial charge in [-0.05, 0) is 11.4 Å². The lowest BCUT2D eigenvalue weighted by Gasteiger charge is -2.12. The molecule has 0 spiro atoms. The molecule has 114 valence electrons. The zero-order valence-corrected chi connectivity index (χ0v) is 12.0. The molecule has 9 nitrogen and oxygen atoms in total. The molecule has 3 heterocycles. The van der Waals surface area contributed by atoms with E-state index in [0.29, 0.717) is 10.2 Å². The molecule has 3 aromatic heterocycles. The van der Waals surface area contributed by atoms with Crippen molar-refractivity contribution >= 4 is 27.2 Å². The first-order valence-corrected chi connectivity index (χ1v) is 7.20. The highest BCUT2D eigenvalue weighted by atomic mass is 32.1. The average molecular weight is 321 g/mol. The van der Waals surface area contributed by atoms with Crippen LogP contribution in [0.2, 0.25) is 0 Å². The average Bonchev–Trinajstić information content (AvgIpc) is 3.11. The van der Waals surface area contributed by atoms with Crippen molar-refractivity contribution in [2.24, 2.45) is 0 Å². The number of fused-ring (bicyclic) bond motifs is 1. The fourth-order valence-electron chi connectivity index (χ4n) is 2.07. The molecular formula is C12H11N5O4S. The van der Waals surface area contributed by atoms with Crippen LogP contribution in [0.1, 0.15) is 0 Å². The molecule has 0 unspecified atom stereocenters. The Morgan fingerprint density at radius 3 is 3.00 bits per heavy atom. The normalized spacial score (nSPS) is 12.6. The summed E-state index contributed by atoms with van der Waals surface area (Å²) in [6.45, 7) is 0.0766. The molecule has 10 heteroatoms. The lowest BCUT2D eigenvalue weighted by atomic mass is 10.3. The highest BCUT2D eigenvalue weighted by molar-refractivity contribution is 7.16. The second-order valence-electron chi connectivity index (χ2n) is 4.67. The van der Waals surface area contributed by atoms with Crippen LogP contribution in [0.3, 0.4) is 0 Å². The van der Waals surface area contributed by atoms with Crippen LogP contribution in [-0.4, -0.2) is 35.5 Å². The molecule has 0 fully saturated rings. The molecule has 3 aromatic rings. The predicted molar refractivity (Wildman–Crippen MR) is 78.8 cm³/mol. The lowest BCUT2D eigenvalue weighted by molar-refractivity contribution is -0.385. The van der Waals surface area contributed by atoms with Crippen LogP contribution < -0.4 is 5.56 Å². The Bertz CT molecular complexity index is 883. The number of thiophene rings is 1. The van der Waals surface area contributed by atoms with Crippen LogP contribution in [0.5, 0.6) is 0 Å². The number of aliphatic hydroxyl groups excluding tert-OH is 1. The molecule has 0 aliphatic heterocycles. The van der Waals surface area contributed by atoms with Crippen LogP contribution in [0.15, 0.2) is 35.0 Å². The van der Waals surface area contributed by atoms with E-state index in [0.717, 1.165) is 6.20 Å². The van der Waals surface area contributed by atoms with Crippen LogP contribution in [0.25, 0.3) is 10.2 Å². The summed E-state index contributed by atoms with van der Waals surface area (Å²) in [5.41, 5.74) is -0.373. The van der Waals surface area contributed by atoms with Crippen LogP contribution >= 0.6 is 11.3 Å². The number of nitrogens with zero attached hydrogens (tertiary/aromatic N) is 5. The summed E-state index contributed by atoms with van der Waals surface area (Å²) in [5.74, 6) is 0. The first-order chi connectivity index (χ1) is 10.5. The van der Waals surface area contributed by atoms with Crippen molar-refractivity contribution < 1.29 is 10.0 Å². The smallest absolute Gasteiger partial charge is 0.306 e. The zero-order chi connectivity index (χ0) is 15.7. The lowest BCUT2D eigenvalue weighted by Crippen LogP contribution is -2.29. The highest BCUT2D eigenvalue weighted by Gasteiger charge is 2.14. The van der Waals surface area contributed by atoms with Gasteiger partial charge in [0.2, 0.25) is 0 Å². The van der Waals surface area contributed by atoms with Crippen molar-refractivity contribution in [2.75, 3.05) is 0 Å². The Labute approximate surface area is 127 Å². The van der Waals surface area contributed by atoms with Gasteiger partial charge >= 0.3 is 5.69 Å². The van der Waals surface area contributed by atoms with Crippen LogP contribution in [-0.2, 0) is 13.1 Å². The van der Waals surface area contributed by atoms with E-state index in [9.17, 15) is 20.0 Å². The van der Waals surface area contributed by atoms with Crippen molar-refractivity contribution in [3.63, 3.8) is 0 Å². The molecule has 0 bridgehead atoms. The summed E-state index contributed by atoms with van der Waals surface area (Å²) >= 11 is 1.37. The molecule has 0 radical (unpaired) electrons. The minimum Gasteiger partial charge on any atom is -0.389 e. The van der Waals surface area contributed by atoms with E-state index >= 15 is 0 Å². The summed E-state index contributed by atoms with van der Waals surface area (Å²) < 4.78 is 2.59. The van der Waals surface area contributed by atoms with Gasteiger partial charge in [-0.1, -0.05) is 0 Å². The first kappa shape index (κ1) is 14.4. The predicted octanol–water partition coefficient (Wildman–Crippen LogP) is 0.624. The fraction of sp³-hybridized carbons (Fsp3) is 0.250. The van der Waals surface area contributed by atoms with E-state index in [-0.39, 0.29) is 24.3 Å². The van der Waals surface area contributed by atoms with Gasteiger partial charge in [-0.25, -0.2) is 4.98 Å². The van der Waals surface area contributed by atoms with Crippen molar-refractivity contribution in [1.29, 1.82) is 0 Å². The molecule has 0 amide bonds. The van der Waals surface area contributed by atoms with Gasteiger partial charge in [0, 0.05) is 0 Å². The number of hydrogen-bond donors (Lipinski definition) is 1. The van der Waals surface area contributed by atoms with Crippen molar-refractivity contribution in [2.45, 2.75) is 19.2 Å². The van der Waals surface area contributed by atoms with Gasteiger partial charge in [-0.3, -0.25) is 24.2 Å². The van der Waals surface area contributed by atoms with Crippen LogP contribution in [0, 0.1) is 10.1 Å². The topological polar surface area (TPSA) is 116 Å². The van der Waals surface area contributed by atoms with E-state index < -0.39 is 11.0 Å². The quantitative estimate of drug-likeness (QED) is 0.544. The second-order valence-corrected chi connectivity index (χ2v) is 5.57. The molecule has 22 heavy (non-hydrogen) atoms. The zero-order valence-electron chi connectivity index (χ0n) is 11.2. The summed E-state index contributed by atoms with van der Waals surface area (Å²) in [6, 6.07) is 1.69. The third kappa shape index (κ3) is 2.73. The maximum Gasteiger partial charge on any atom is 0.306 e. The number of hydrogen-bond acceptors (Lipinski definition) is 7. The van der Waals surface area contributed by atoms with Gasteiger partial charge in [-0.15, -0.1) is 11.3 Å². The van der Waals surface area contributed by atoms with E-state index in [2.05, 4.69) is 10.1 Å².